The van der Waals surface area contributed by atoms with Crippen molar-refractivity contribution in [2.45, 2.75) is 84.9 Å². The van der Waals surface area contributed by atoms with Crippen LogP contribution in [-0.2, 0) is 37.0 Å². The molecule has 0 aliphatic carbocycles. The van der Waals surface area contributed by atoms with Gasteiger partial charge in [0.05, 0.1) is 19.3 Å². The van der Waals surface area contributed by atoms with Crippen molar-refractivity contribution in [3.8, 4) is 0 Å². The Balaban J connectivity index is 1.97. The van der Waals surface area contributed by atoms with Crippen molar-refractivity contribution in [3.05, 3.63) is 107 Å². The number of Topliss-reactive ketones (excluding diaryl/α,β-unsaturated/α-hetero) is 1. The van der Waals surface area contributed by atoms with Gasteiger partial charge in [0, 0.05) is 17.6 Å². The maximum absolute atomic E-state index is 13.6. The first-order valence-electron chi connectivity index (χ1n) is 13.6. The summed E-state index contributed by atoms with van der Waals surface area (Å²) in [6.07, 6.45) is 3.81. The molecule has 0 amide bonds. The predicted octanol–water partition coefficient (Wildman–Crippen LogP) is 7.07. The topological polar surface area (TPSA) is 61.8 Å². The quantitative estimate of drug-likeness (QED) is 0.284. The van der Waals surface area contributed by atoms with Crippen LogP contribution in [0.15, 0.2) is 95.4 Å². The molecule has 5 nitrogen and oxygen atoms in total. The van der Waals surface area contributed by atoms with E-state index in [0.717, 1.165) is 16.7 Å². The molecule has 39 heavy (non-hydrogen) atoms. The summed E-state index contributed by atoms with van der Waals surface area (Å²) in [6, 6.07) is 19.8. The third-order valence-corrected chi connectivity index (χ3v) is 7.08. The molecule has 5 heteroatoms. The zero-order chi connectivity index (χ0) is 28.3. The molecule has 0 saturated carbocycles. The van der Waals surface area contributed by atoms with Crippen LogP contribution in [0, 0.1) is 5.92 Å². The lowest BCUT2D eigenvalue weighted by atomic mass is 9.84. The first kappa shape index (κ1) is 30.1. The fourth-order valence-electron chi connectivity index (χ4n) is 4.51. The third-order valence-electron chi connectivity index (χ3n) is 7.08. The number of carbonyl (C=O) groups is 2. The van der Waals surface area contributed by atoms with Gasteiger partial charge in [-0.25, -0.2) is 4.79 Å². The Hall–Kier alpha value is -3.46. The van der Waals surface area contributed by atoms with E-state index in [9.17, 15) is 9.59 Å². The summed E-state index contributed by atoms with van der Waals surface area (Å²) in [5.74, 6) is -0.628. The first-order valence-corrected chi connectivity index (χ1v) is 13.6. The van der Waals surface area contributed by atoms with Crippen molar-refractivity contribution in [2.24, 2.45) is 5.92 Å². The molecule has 1 aliphatic heterocycles. The fourth-order valence-corrected chi connectivity index (χ4v) is 4.51. The molecule has 0 unspecified atom stereocenters. The Kier molecular flexibility index (Phi) is 11.3. The van der Waals surface area contributed by atoms with E-state index in [1.165, 1.54) is 0 Å². The molecular weight excluding hydrogens is 488 g/mol. The normalized spacial score (nSPS) is 26.1. The number of allylic oxidation sites excluding steroid dienone is 1. The summed E-state index contributed by atoms with van der Waals surface area (Å²) in [5.41, 5.74) is 8.40. The number of hydrogen-bond acceptors (Lipinski definition) is 5. The van der Waals surface area contributed by atoms with Gasteiger partial charge in [-0.05, 0) is 56.7 Å². The van der Waals surface area contributed by atoms with E-state index in [1.807, 2.05) is 87.5 Å². The van der Waals surface area contributed by atoms with Gasteiger partial charge in [-0.3, -0.25) is 4.79 Å². The maximum Gasteiger partial charge on any atom is 0.334 e. The summed E-state index contributed by atoms with van der Waals surface area (Å²) in [4.78, 5) is 26.4. The Morgan fingerprint density at radius 2 is 1.59 bits per heavy atom. The Morgan fingerprint density at radius 3 is 2.21 bits per heavy atom. The third kappa shape index (κ3) is 9.06. The minimum absolute atomic E-state index is 0.0637. The van der Waals surface area contributed by atoms with Gasteiger partial charge in [0.2, 0.25) is 0 Å². The molecule has 0 N–H and O–H groups in total. The number of benzene rings is 2. The SMILES string of the molecule is CC[C@H]1OC(=O)/C(C)=C\CC(=O)[C@](C)(OCc2ccccc2)C[C@@H](C)[C@H](OCc2ccccc2)C=C=C=C1C. The smallest absolute Gasteiger partial charge is 0.334 e. The number of ketones is 1. The Morgan fingerprint density at radius 1 is 0.974 bits per heavy atom. The molecule has 2 aromatic carbocycles. The highest BCUT2D eigenvalue weighted by molar-refractivity contribution is 5.92. The molecule has 0 spiro atoms. The minimum Gasteiger partial charge on any atom is -0.454 e. The average molecular weight is 529 g/mol. The van der Waals surface area contributed by atoms with Gasteiger partial charge in [0.1, 0.15) is 11.7 Å². The summed E-state index contributed by atoms with van der Waals surface area (Å²) in [6.45, 7) is 10.1. The monoisotopic (exact) mass is 528 g/mol. The maximum atomic E-state index is 13.6. The highest BCUT2D eigenvalue weighted by Crippen LogP contribution is 2.29. The summed E-state index contributed by atoms with van der Waals surface area (Å²) >= 11 is 0. The molecule has 4 atom stereocenters. The largest absolute Gasteiger partial charge is 0.454 e. The standard InChI is InChI=1S/C34H40O5/c1-6-30-25(2)14-13-19-31(37-23-28-15-9-7-10-16-28)27(4)22-34(5,38-24-29-17-11-8-12-18-29)32(35)21-20-26(3)33(36)39-30/h7-12,15-20,27,30-31H,6,21-24H2,1-5H3/b25-19?,26-20-/t27-,30-,31-,34-/m1/s1. The van der Waals surface area contributed by atoms with Crippen LogP contribution in [0.4, 0.5) is 0 Å². The minimum atomic E-state index is -1.10. The summed E-state index contributed by atoms with van der Waals surface area (Å²) in [7, 11) is 0. The number of rotatable bonds is 7. The van der Waals surface area contributed by atoms with Crippen LogP contribution in [0.3, 0.4) is 0 Å². The first-order chi connectivity index (χ1) is 18.7. The van der Waals surface area contributed by atoms with Crippen LogP contribution in [-0.4, -0.2) is 29.6 Å². The molecule has 2 aromatic rings. The number of carbonyl (C=O) groups excluding carboxylic acids is 2. The van der Waals surface area contributed by atoms with Crippen LogP contribution < -0.4 is 0 Å². The molecular formula is C34H40O5. The molecule has 1 heterocycles. The zero-order valence-electron chi connectivity index (χ0n) is 23.7. The second-order valence-electron chi connectivity index (χ2n) is 10.4. The number of hydrogen-bond donors (Lipinski definition) is 0. The Bertz CT molecular complexity index is 1230. The summed E-state index contributed by atoms with van der Waals surface area (Å²) < 4.78 is 18.4. The highest BCUT2D eigenvalue weighted by Gasteiger charge is 2.37. The molecule has 1 aliphatic rings. The van der Waals surface area contributed by atoms with Crippen molar-refractivity contribution < 1.29 is 23.8 Å². The van der Waals surface area contributed by atoms with Crippen LogP contribution >= 0.6 is 0 Å². The molecule has 0 radical (unpaired) electrons. The van der Waals surface area contributed by atoms with Crippen LogP contribution in [0.5, 0.6) is 0 Å². The summed E-state index contributed by atoms with van der Waals surface area (Å²) in [5, 5.41) is 0. The van der Waals surface area contributed by atoms with Gasteiger partial charge in [-0.2, -0.15) is 0 Å². The number of ether oxygens (including phenoxy) is 3. The van der Waals surface area contributed by atoms with Crippen LogP contribution in [0.1, 0.15) is 65.0 Å². The number of cyclic esters (lactones) is 1. The number of esters is 1. The fraction of sp³-hybridized carbons (Fsp3) is 0.412. The van der Waals surface area contributed by atoms with E-state index in [2.05, 4.69) is 18.4 Å². The van der Waals surface area contributed by atoms with E-state index < -0.39 is 17.7 Å². The van der Waals surface area contributed by atoms with E-state index >= 15 is 0 Å². The average Bonchev–Trinajstić information content (AvgIpc) is 2.95. The molecule has 206 valence electrons. The van der Waals surface area contributed by atoms with Crippen molar-refractivity contribution in [3.63, 3.8) is 0 Å². The van der Waals surface area contributed by atoms with Crippen LogP contribution in [0.2, 0.25) is 0 Å². The Labute approximate surface area is 232 Å². The second-order valence-corrected chi connectivity index (χ2v) is 10.4. The molecule has 0 bridgehead atoms. The lowest BCUT2D eigenvalue weighted by Crippen LogP contribution is -2.42. The molecule has 0 aromatic heterocycles. The molecule has 0 fully saturated rings. The highest BCUT2D eigenvalue weighted by atomic mass is 16.5. The van der Waals surface area contributed by atoms with Gasteiger partial charge in [0.25, 0.3) is 0 Å². The van der Waals surface area contributed by atoms with E-state index in [4.69, 9.17) is 14.2 Å². The lowest BCUT2D eigenvalue weighted by molar-refractivity contribution is -0.147. The predicted molar refractivity (Wildman–Crippen MR) is 153 cm³/mol. The van der Waals surface area contributed by atoms with Crippen molar-refractivity contribution in [1.29, 1.82) is 0 Å². The van der Waals surface area contributed by atoms with E-state index in [-0.39, 0.29) is 24.2 Å². The molecule has 0 saturated heterocycles. The van der Waals surface area contributed by atoms with Gasteiger partial charge in [-0.1, -0.05) is 92.0 Å². The second kappa shape index (κ2) is 14.6. The lowest BCUT2D eigenvalue weighted by Gasteiger charge is -2.33. The zero-order valence-corrected chi connectivity index (χ0v) is 23.7. The van der Waals surface area contributed by atoms with Gasteiger partial charge in [0.15, 0.2) is 5.78 Å². The van der Waals surface area contributed by atoms with Crippen molar-refractivity contribution in [1.82, 2.24) is 0 Å². The van der Waals surface area contributed by atoms with E-state index in [1.54, 1.807) is 13.0 Å². The van der Waals surface area contributed by atoms with Gasteiger partial charge < -0.3 is 14.2 Å². The van der Waals surface area contributed by atoms with Crippen molar-refractivity contribution in [2.75, 3.05) is 0 Å². The van der Waals surface area contributed by atoms with Gasteiger partial charge >= 0.3 is 5.97 Å². The van der Waals surface area contributed by atoms with Crippen LogP contribution in [0.25, 0.3) is 0 Å². The van der Waals surface area contributed by atoms with Gasteiger partial charge in [-0.15, -0.1) is 0 Å². The molecule has 3 rings (SSSR count). The van der Waals surface area contributed by atoms with E-state index in [0.29, 0.717) is 31.6 Å². The van der Waals surface area contributed by atoms with Crippen molar-refractivity contribution >= 4 is 11.8 Å².